The van der Waals surface area contributed by atoms with Crippen LogP contribution in [0.3, 0.4) is 0 Å². The van der Waals surface area contributed by atoms with Crippen LogP contribution in [0.4, 0.5) is 0 Å². The lowest BCUT2D eigenvalue weighted by atomic mass is 9.92. The second-order valence-electron chi connectivity index (χ2n) is 6.02. The molecule has 110 valence electrons. The molecular weight excluding hydrogens is 240 g/mol. The van der Waals surface area contributed by atoms with Gasteiger partial charge >= 0.3 is 0 Å². The van der Waals surface area contributed by atoms with Crippen LogP contribution in [0, 0.1) is 5.92 Å². The molecule has 0 spiro atoms. The number of hydrogen-bond donors (Lipinski definition) is 1. The van der Waals surface area contributed by atoms with E-state index in [1.807, 2.05) is 0 Å². The van der Waals surface area contributed by atoms with E-state index in [1.54, 1.807) is 0 Å². The molecule has 0 aromatic rings. The first-order valence-electron chi connectivity index (χ1n) is 7.80. The highest BCUT2D eigenvalue weighted by atomic mass is 16.5. The summed E-state index contributed by atoms with van der Waals surface area (Å²) >= 11 is 0. The van der Waals surface area contributed by atoms with Gasteiger partial charge in [0.05, 0.1) is 19.1 Å². The molecule has 0 radical (unpaired) electrons. The van der Waals surface area contributed by atoms with Crippen molar-refractivity contribution in [1.29, 1.82) is 0 Å². The number of hydrogen-bond acceptors (Lipinski definition) is 3. The predicted molar refractivity (Wildman–Crippen MR) is 76.0 cm³/mol. The van der Waals surface area contributed by atoms with Crippen LogP contribution in [-0.4, -0.2) is 49.2 Å². The number of likely N-dealkylation sites (tertiary alicyclic amines) is 1. The smallest absolute Gasteiger partial charge is 0.225 e. The highest BCUT2D eigenvalue weighted by Gasteiger charge is 2.28. The number of piperidine rings is 2. The van der Waals surface area contributed by atoms with Crippen molar-refractivity contribution in [3.8, 4) is 0 Å². The minimum atomic E-state index is 0.271. The van der Waals surface area contributed by atoms with E-state index in [9.17, 15) is 4.79 Å². The summed E-state index contributed by atoms with van der Waals surface area (Å²) in [5.41, 5.74) is 0. The maximum absolute atomic E-state index is 12.2. The monoisotopic (exact) mass is 268 g/mol. The van der Waals surface area contributed by atoms with Gasteiger partial charge in [0.1, 0.15) is 0 Å². The van der Waals surface area contributed by atoms with Crippen LogP contribution in [0.5, 0.6) is 0 Å². The lowest BCUT2D eigenvalue weighted by Gasteiger charge is -2.38. The molecule has 2 rings (SSSR count). The average Bonchev–Trinajstić information content (AvgIpc) is 2.43. The largest absolute Gasteiger partial charge is 0.378 e. The molecule has 0 saturated carbocycles. The van der Waals surface area contributed by atoms with Gasteiger partial charge in [-0.05, 0) is 51.6 Å². The molecule has 0 aromatic carbocycles. The molecule has 19 heavy (non-hydrogen) atoms. The summed E-state index contributed by atoms with van der Waals surface area (Å²) in [4.78, 5) is 14.3. The third-order valence-electron chi connectivity index (χ3n) is 4.65. The Kier molecular flexibility index (Phi) is 5.64. The average molecular weight is 268 g/mol. The van der Waals surface area contributed by atoms with Crippen molar-refractivity contribution < 1.29 is 9.53 Å². The van der Waals surface area contributed by atoms with Crippen LogP contribution in [-0.2, 0) is 9.53 Å². The molecule has 2 saturated heterocycles. The summed E-state index contributed by atoms with van der Waals surface area (Å²) in [5.74, 6) is 0.899. The summed E-state index contributed by atoms with van der Waals surface area (Å²) < 4.78 is 5.82. The van der Waals surface area contributed by atoms with Crippen LogP contribution in [0.1, 0.15) is 46.0 Å². The first-order valence-corrected chi connectivity index (χ1v) is 7.80. The second-order valence-corrected chi connectivity index (χ2v) is 6.02. The van der Waals surface area contributed by atoms with Gasteiger partial charge in [0.25, 0.3) is 0 Å². The maximum atomic E-state index is 12.2. The van der Waals surface area contributed by atoms with E-state index in [-0.39, 0.29) is 5.91 Å². The molecule has 2 aliphatic heterocycles. The third-order valence-corrected chi connectivity index (χ3v) is 4.65. The highest BCUT2D eigenvalue weighted by molar-refractivity contribution is 5.76. The van der Waals surface area contributed by atoms with Crippen molar-refractivity contribution in [1.82, 2.24) is 10.2 Å². The zero-order valence-corrected chi connectivity index (χ0v) is 12.4. The fourth-order valence-electron chi connectivity index (χ4n) is 3.11. The number of carbonyl (C=O) groups is 1. The van der Waals surface area contributed by atoms with E-state index in [2.05, 4.69) is 24.1 Å². The predicted octanol–water partition coefficient (Wildman–Crippen LogP) is 1.79. The Morgan fingerprint density at radius 1 is 1.26 bits per heavy atom. The Labute approximate surface area is 116 Å². The number of amides is 1. The Morgan fingerprint density at radius 2 is 2.00 bits per heavy atom. The third kappa shape index (κ3) is 4.18. The molecule has 4 nitrogen and oxygen atoms in total. The van der Waals surface area contributed by atoms with Crippen LogP contribution in [0.15, 0.2) is 0 Å². The van der Waals surface area contributed by atoms with Crippen LogP contribution in [0.25, 0.3) is 0 Å². The minimum Gasteiger partial charge on any atom is -0.378 e. The molecule has 1 N–H and O–H groups in total. The minimum absolute atomic E-state index is 0.271. The molecule has 2 aliphatic rings. The van der Waals surface area contributed by atoms with Crippen LogP contribution >= 0.6 is 0 Å². The quantitative estimate of drug-likeness (QED) is 0.845. The second kappa shape index (κ2) is 7.25. The zero-order chi connectivity index (χ0) is 13.7. The highest BCUT2D eigenvalue weighted by Crippen LogP contribution is 2.23. The standard InChI is InChI=1S/C15H28N2O2/c1-12-4-3-10-17(13(12)2)15(18)7-11-19-14-5-8-16-9-6-14/h12-14,16H,3-11H2,1-2H3. The van der Waals surface area contributed by atoms with Crippen molar-refractivity contribution >= 4 is 5.91 Å². The van der Waals surface area contributed by atoms with Crippen molar-refractivity contribution in [3.05, 3.63) is 0 Å². The van der Waals surface area contributed by atoms with E-state index in [0.717, 1.165) is 38.9 Å². The van der Waals surface area contributed by atoms with Crippen molar-refractivity contribution in [3.63, 3.8) is 0 Å². The molecular formula is C15H28N2O2. The zero-order valence-electron chi connectivity index (χ0n) is 12.4. The van der Waals surface area contributed by atoms with Gasteiger partial charge < -0.3 is 15.0 Å². The summed E-state index contributed by atoms with van der Waals surface area (Å²) in [6.45, 7) is 8.02. The Hall–Kier alpha value is -0.610. The normalized spacial score (nSPS) is 29.5. The molecule has 1 amide bonds. The lowest BCUT2D eigenvalue weighted by Crippen LogP contribution is -2.46. The first kappa shape index (κ1) is 14.8. The number of ether oxygens (including phenoxy) is 1. The number of rotatable bonds is 4. The van der Waals surface area contributed by atoms with E-state index >= 15 is 0 Å². The topological polar surface area (TPSA) is 41.6 Å². The van der Waals surface area contributed by atoms with E-state index in [0.29, 0.717) is 31.1 Å². The molecule has 2 atom stereocenters. The van der Waals surface area contributed by atoms with Crippen LogP contribution in [0.2, 0.25) is 0 Å². The van der Waals surface area contributed by atoms with Gasteiger partial charge in [0, 0.05) is 12.6 Å². The summed E-state index contributed by atoms with van der Waals surface area (Å²) in [6, 6.07) is 0.389. The molecule has 2 heterocycles. The van der Waals surface area contributed by atoms with Crippen molar-refractivity contribution in [2.24, 2.45) is 5.92 Å². The number of carbonyl (C=O) groups excluding carboxylic acids is 1. The Balaban J connectivity index is 1.68. The van der Waals surface area contributed by atoms with Gasteiger partial charge in [-0.3, -0.25) is 4.79 Å². The Morgan fingerprint density at radius 3 is 2.74 bits per heavy atom. The molecule has 0 aliphatic carbocycles. The molecule has 4 heteroatoms. The van der Waals surface area contributed by atoms with Crippen LogP contribution < -0.4 is 5.32 Å². The van der Waals surface area contributed by atoms with E-state index in [1.165, 1.54) is 6.42 Å². The Bertz CT molecular complexity index is 290. The molecule has 2 unspecified atom stereocenters. The molecule has 0 aromatic heterocycles. The van der Waals surface area contributed by atoms with Gasteiger partial charge in [0.2, 0.25) is 5.91 Å². The SMILES string of the molecule is CC1CCCN(C(=O)CCOC2CCNCC2)C1C. The van der Waals surface area contributed by atoms with Crippen molar-refractivity contribution in [2.45, 2.75) is 58.1 Å². The fourth-order valence-corrected chi connectivity index (χ4v) is 3.11. The first-order chi connectivity index (χ1) is 9.18. The molecule has 0 bridgehead atoms. The fraction of sp³-hybridized carbons (Fsp3) is 0.933. The van der Waals surface area contributed by atoms with E-state index < -0.39 is 0 Å². The number of nitrogens with one attached hydrogen (secondary N) is 1. The van der Waals surface area contributed by atoms with Gasteiger partial charge in [-0.2, -0.15) is 0 Å². The van der Waals surface area contributed by atoms with Gasteiger partial charge in [0.15, 0.2) is 0 Å². The van der Waals surface area contributed by atoms with Gasteiger partial charge in [-0.1, -0.05) is 6.92 Å². The summed E-state index contributed by atoms with van der Waals surface area (Å²) in [6.07, 6.45) is 5.44. The number of nitrogens with zero attached hydrogens (tertiary/aromatic N) is 1. The van der Waals surface area contributed by atoms with Crippen molar-refractivity contribution in [2.75, 3.05) is 26.2 Å². The molecule has 2 fully saturated rings. The maximum Gasteiger partial charge on any atom is 0.225 e. The van der Waals surface area contributed by atoms with Gasteiger partial charge in [-0.15, -0.1) is 0 Å². The summed E-state index contributed by atoms with van der Waals surface area (Å²) in [7, 11) is 0. The van der Waals surface area contributed by atoms with Gasteiger partial charge in [-0.25, -0.2) is 0 Å². The summed E-state index contributed by atoms with van der Waals surface area (Å²) in [5, 5.41) is 3.32. The van der Waals surface area contributed by atoms with E-state index in [4.69, 9.17) is 4.74 Å². The lowest BCUT2D eigenvalue weighted by molar-refractivity contribution is -0.137.